The number of carbonyl (C=O) groups is 2. The maximum atomic E-state index is 12.4. The second-order valence-corrected chi connectivity index (χ2v) is 5.35. The van der Waals surface area contributed by atoms with Crippen molar-refractivity contribution in [1.29, 1.82) is 0 Å². The van der Waals surface area contributed by atoms with E-state index in [9.17, 15) is 9.59 Å². The summed E-state index contributed by atoms with van der Waals surface area (Å²) in [6.45, 7) is 3.05. The molecule has 5 heteroatoms. The van der Waals surface area contributed by atoms with E-state index in [1.807, 2.05) is 4.90 Å². The molecule has 20 heavy (non-hydrogen) atoms. The number of piperidine rings is 1. The highest BCUT2D eigenvalue weighted by molar-refractivity contribution is 5.87. The van der Waals surface area contributed by atoms with Crippen molar-refractivity contribution in [3.05, 3.63) is 24.0 Å². The van der Waals surface area contributed by atoms with Crippen LogP contribution in [0.2, 0.25) is 0 Å². The molecule has 1 amide bonds. The number of nitrogens with zero attached hydrogens (tertiary/aromatic N) is 2. The van der Waals surface area contributed by atoms with Crippen LogP contribution >= 0.6 is 0 Å². The van der Waals surface area contributed by atoms with E-state index < -0.39 is 5.97 Å². The number of hydrogen-bond acceptors (Lipinski definition) is 2. The molecular weight excluding hydrogens is 256 g/mol. The summed E-state index contributed by atoms with van der Waals surface area (Å²) >= 11 is 0. The lowest BCUT2D eigenvalue weighted by molar-refractivity contribution is -0.135. The minimum atomic E-state index is -0.994. The van der Waals surface area contributed by atoms with Crippen LogP contribution in [0.25, 0.3) is 0 Å². The molecule has 1 N–H and O–H groups in total. The normalized spacial score (nSPS) is 19.1. The second kappa shape index (κ2) is 6.59. The summed E-state index contributed by atoms with van der Waals surface area (Å²) in [4.78, 5) is 25.4. The first-order chi connectivity index (χ1) is 9.63. The molecule has 1 aliphatic rings. The van der Waals surface area contributed by atoms with Crippen LogP contribution in [0.3, 0.4) is 0 Å². The highest BCUT2D eigenvalue weighted by Gasteiger charge is 2.26. The molecule has 0 spiro atoms. The van der Waals surface area contributed by atoms with Crippen LogP contribution in [0.4, 0.5) is 0 Å². The fraction of sp³-hybridized carbons (Fsp3) is 0.600. The molecule has 1 unspecified atom stereocenters. The van der Waals surface area contributed by atoms with Crippen molar-refractivity contribution in [2.45, 2.75) is 51.6 Å². The predicted octanol–water partition coefficient (Wildman–Crippen LogP) is 2.37. The smallest absolute Gasteiger partial charge is 0.352 e. The van der Waals surface area contributed by atoms with E-state index in [4.69, 9.17) is 5.11 Å². The van der Waals surface area contributed by atoms with Gasteiger partial charge in [-0.1, -0.05) is 13.3 Å². The summed E-state index contributed by atoms with van der Waals surface area (Å²) in [5, 5.41) is 9.07. The largest absolute Gasteiger partial charge is 0.477 e. The second-order valence-electron chi connectivity index (χ2n) is 5.35. The Morgan fingerprint density at radius 2 is 2.20 bits per heavy atom. The minimum Gasteiger partial charge on any atom is -0.477 e. The summed E-state index contributed by atoms with van der Waals surface area (Å²) in [5.74, 6) is -0.964. The number of aromatic carboxylic acids is 1. The summed E-state index contributed by atoms with van der Waals surface area (Å²) in [6, 6.07) is 3.51. The van der Waals surface area contributed by atoms with E-state index in [1.54, 1.807) is 12.3 Å². The number of rotatable bonds is 5. The van der Waals surface area contributed by atoms with Crippen molar-refractivity contribution in [3.63, 3.8) is 0 Å². The van der Waals surface area contributed by atoms with Crippen molar-refractivity contribution in [1.82, 2.24) is 9.47 Å². The van der Waals surface area contributed by atoms with Crippen LogP contribution in [0.1, 0.15) is 49.5 Å². The molecule has 0 radical (unpaired) electrons. The van der Waals surface area contributed by atoms with Gasteiger partial charge in [0.2, 0.25) is 5.91 Å². The van der Waals surface area contributed by atoms with E-state index in [1.165, 1.54) is 17.1 Å². The Hall–Kier alpha value is -1.78. The highest BCUT2D eigenvalue weighted by atomic mass is 16.4. The maximum Gasteiger partial charge on any atom is 0.352 e. The third kappa shape index (κ3) is 3.21. The number of carboxylic acid groups (broad SMARTS) is 1. The van der Waals surface area contributed by atoms with Crippen molar-refractivity contribution < 1.29 is 14.7 Å². The van der Waals surface area contributed by atoms with E-state index >= 15 is 0 Å². The van der Waals surface area contributed by atoms with Crippen LogP contribution in [0.15, 0.2) is 18.3 Å². The Morgan fingerprint density at radius 1 is 1.40 bits per heavy atom. The van der Waals surface area contributed by atoms with Gasteiger partial charge in [-0.05, 0) is 37.8 Å². The minimum absolute atomic E-state index is 0.0295. The fourth-order valence-corrected chi connectivity index (χ4v) is 2.94. The Balaban J connectivity index is 2.06. The summed E-state index contributed by atoms with van der Waals surface area (Å²) in [7, 11) is 0. The summed E-state index contributed by atoms with van der Waals surface area (Å²) < 4.78 is 1.52. The molecule has 2 rings (SSSR count). The standard InChI is InChI=1S/C15H22N2O3/c1-2-6-12-7-3-4-10-17(12)14(18)11-16-9-5-8-13(16)15(19)20/h5,8-9,12H,2-4,6-7,10-11H2,1H3,(H,19,20). The molecule has 1 aromatic rings. The third-order valence-electron chi connectivity index (χ3n) is 3.92. The third-order valence-corrected chi connectivity index (χ3v) is 3.92. The summed E-state index contributed by atoms with van der Waals surface area (Å²) in [6.07, 6.45) is 7.04. The number of carboxylic acids is 1. The lowest BCUT2D eigenvalue weighted by Gasteiger charge is -2.36. The molecule has 5 nitrogen and oxygen atoms in total. The Bertz CT molecular complexity index is 479. The van der Waals surface area contributed by atoms with E-state index in [0.717, 1.165) is 32.2 Å². The van der Waals surface area contributed by atoms with Gasteiger partial charge in [-0.25, -0.2) is 4.79 Å². The van der Waals surface area contributed by atoms with Gasteiger partial charge in [0.05, 0.1) is 0 Å². The average Bonchev–Trinajstić information content (AvgIpc) is 2.88. The molecule has 1 aromatic heterocycles. The average molecular weight is 278 g/mol. The molecule has 1 saturated heterocycles. The van der Waals surface area contributed by atoms with Crippen molar-refractivity contribution in [3.8, 4) is 0 Å². The van der Waals surface area contributed by atoms with Crippen LogP contribution in [-0.4, -0.2) is 39.0 Å². The lowest BCUT2D eigenvalue weighted by Crippen LogP contribution is -2.45. The van der Waals surface area contributed by atoms with E-state index in [0.29, 0.717) is 6.04 Å². The molecule has 2 heterocycles. The zero-order valence-corrected chi connectivity index (χ0v) is 11.9. The monoisotopic (exact) mass is 278 g/mol. The Labute approximate surface area is 119 Å². The van der Waals surface area contributed by atoms with Crippen molar-refractivity contribution in [2.75, 3.05) is 6.54 Å². The molecule has 0 aromatic carbocycles. The topological polar surface area (TPSA) is 62.5 Å². The Kier molecular flexibility index (Phi) is 4.82. The van der Waals surface area contributed by atoms with Crippen LogP contribution in [0, 0.1) is 0 Å². The van der Waals surface area contributed by atoms with Gasteiger partial charge in [0.15, 0.2) is 0 Å². The first-order valence-electron chi connectivity index (χ1n) is 7.31. The van der Waals surface area contributed by atoms with Gasteiger partial charge >= 0.3 is 5.97 Å². The van der Waals surface area contributed by atoms with Crippen LogP contribution < -0.4 is 0 Å². The molecule has 1 atom stereocenters. The van der Waals surface area contributed by atoms with E-state index in [-0.39, 0.29) is 18.1 Å². The first kappa shape index (κ1) is 14.6. The van der Waals surface area contributed by atoms with Gasteiger partial charge in [0, 0.05) is 18.8 Å². The zero-order valence-electron chi connectivity index (χ0n) is 11.9. The number of likely N-dealkylation sites (tertiary alicyclic amines) is 1. The van der Waals surface area contributed by atoms with Gasteiger partial charge in [-0.15, -0.1) is 0 Å². The number of amides is 1. The van der Waals surface area contributed by atoms with Crippen LogP contribution in [0.5, 0.6) is 0 Å². The SMILES string of the molecule is CCCC1CCCCN1C(=O)Cn1cccc1C(=O)O. The highest BCUT2D eigenvalue weighted by Crippen LogP contribution is 2.21. The first-order valence-corrected chi connectivity index (χ1v) is 7.31. The van der Waals surface area contributed by atoms with Crippen molar-refractivity contribution in [2.24, 2.45) is 0 Å². The predicted molar refractivity (Wildman–Crippen MR) is 75.7 cm³/mol. The molecule has 0 saturated carbocycles. The van der Waals surface area contributed by atoms with Gasteiger partial charge in [-0.2, -0.15) is 0 Å². The van der Waals surface area contributed by atoms with Gasteiger partial charge < -0.3 is 14.6 Å². The number of aromatic nitrogens is 1. The fourth-order valence-electron chi connectivity index (χ4n) is 2.94. The zero-order chi connectivity index (χ0) is 14.5. The number of carbonyl (C=O) groups excluding carboxylic acids is 1. The summed E-state index contributed by atoms with van der Waals surface area (Å²) in [5.41, 5.74) is 0.169. The molecule has 1 aliphatic heterocycles. The lowest BCUT2D eigenvalue weighted by atomic mass is 9.98. The Morgan fingerprint density at radius 3 is 2.90 bits per heavy atom. The number of hydrogen-bond donors (Lipinski definition) is 1. The molecule has 1 fully saturated rings. The molecule has 0 bridgehead atoms. The molecule has 110 valence electrons. The van der Waals surface area contributed by atoms with Gasteiger partial charge in [-0.3, -0.25) is 4.79 Å². The van der Waals surface area contributed by atoms with Crippen molar-refractivity contribution >= 4 is 11.9 Å². The van der Waals surface area contributed by atoms with Crippen LogP contribution in [-0.2, 0) is 11.3 Å². The van der Waals surface area contributed by atoms with Gasteiger partial charge in [0.25, 0.3) is 0 Å². The molecule has 0 aliphatic carbocycles. The molecular formula is C15H22N2O3. The quantitative estimate of drug-likeness (QED) is 0.899. The van der Waals surface area contributed by atoms with Gasteiger partial charge in [0.1, 0.15) is 12.2 Å². The van der Waals surface area contributed by atoms with E-state index in [2.05, 4.69) is 6.92 Å². The maximum absolute atomic E-state index is 12.4.